The van der Waals surface area contributed by atoms with E-state index in [0.29, 0.717) is 30.6 Å². The first kappa shape index (κ1) is 23.6. The van der Waals surface area contributed by atoms with E-state index in [2.05, 4.69) is 16.1 Å². The number of carbonyl (C=O) groups is 3. The normalized spacial score (nSPS) is 30.9. The summed E-state index contributed by atoms with van der Waals surface area (Å²) < 4.78 is 55.0. The maximum atomic E-state index is 13.6. The summed E-state index contributed by atoms with van der Waals surface area (Å²) in [5.74, 6) is -1.50. The molecule has 4 aliphatic carbocycles. The van der Waals surface area contributed by atoms with Crippen molar-refractivity contribution in [3.8, 4) is 0 Å². The largest absolute Gasteiger partial charge is 0.459 e. The van der Waals surface area contributed by atoms with Crippen LogP contribution in [0.15, 0.2) is 12.2 Å². The van der Waals surface area contributed by atoms with Gasteiger partial charge in [-0.05, 0) is 75.5 Å². The average molecular weight is 446 g/mol. The van der Waals surface area contributed by atoms with Gasteiger partial charge in [-0.25, -0.2) is 9.59 Å². The molecule has 1 unspecified atom stereocenters. The fourth-order valence-corrected chi connectivity index (χ4v) is 5.58. The predicted octanol–water partition coefficient (Wildman–Crippen LogP) is 3.98. The van der Waals surface area contributed by atoms with Crippen LogP contribution < -0.4 is 0 Å². The summed E-state index contributed by atoms with van der Waals surface area (Å²) in [6, 6.07) is 0. The van der Waals surface area contributed by atoms with Crippen molar-refractivity contribution >= 4 is 17.9 Å². The molecule has 0 aromatic heterocycles. The second-order valence-corrected chi connectivity index (χ2v) is 9.36. The second-order valence-electron chi connectivity index (χ2n) is 9.36. The number of esters is 3. The van der Waals surface area contributed by atoms with E-state index in [0.717, 1.165) is 25.7 Å². The van der Waals surface area contributed by atoms with Gasteiger partial charge in [0.25, 0.3) is 5.60 Å². The summed E-state index contributed by atoms with van der Waals surface area (Å²) in [7, 11) is 0. The van der Waals surface area contributed by atoms with E-state index in [-0.39, 0.29) is 17.9 Å². The van der Waals surface area contributed by atoms with E-state index in [1.54, 1.807) is 0 Å². The lowest BCUT2D eigenvalue weighted by molar-refractivity contribution is -0.266. The topological polar surface area (TPSA) is 78.9 Å². The molecule has 0 N–H and O–H groups in total. The third kappa shape index (κ3) is 5.06. The molecule has 174 valence electrons. The number of alkyl halides is 3. The molecule has 0 heterocycles. The van der Waals surface area contributed by atoms with Crippen LogP contribution >= 0.6 is 0 Å². The number of carbonyl (C=O) groups excluding carboxylic acids is 3. The molecule has 1 atom stereocenters. The fourth-order valence-electron chi connectivity index (χ4n) is 5.58. The summed E-state index contributed by atoms with van der Waals surface area (Å²) in [5.41, 5.74) is -3.32. The highest BCUT2D eigenvalue weighted by Gasteiger charge is 2.62. The van der Waals surface area contributed by atoms with Crippen molar-refractivity contribution in [2.75, 3.05) is 13.2 Å². The zero-order valence-electron chi connectivity index (χ0n) is 17.8. The summed E-state index contributed by atoms with van der Waals surface area (Å²) >= 11 is 0. The zero-order valence-corrected chi connectivity index (χ0v) is 17.8. The van der Waals surface area contributed by atoms with Gasteiger partial charge < -0.3 is 14.2 Å². The Kier molecular flexibility index (Phi) is 6.72. The zero-order chi connectivity index (χ0) is 23.0. The molecule has 0 saturated heterocycles. The van der Waals surface area contributed by atoms with Gasteiger partial charge in [-0.3, -0.25) is 4.79 Å². The van der Waals surface area contributed by atoms with Gasteiger partial charge in [-0.2, -0.15) is 13.2 Å². The Morgan fingerprint density at radius 1 is 0.935 bits per heavy atom. The van der Waals surface area contributed by atoms with Crippen molar-refractivity contribution in [1.29, 1.82) is 0 Å². The van der Waals surface area contributed by atoms with Crippen LogP contribution in [0.3, 0.4) is 0 Å². The van der Waals surface area contributed by atoms with Crippen LogP contribution in [0.5, 0.6) is 0 Å². The van der Waals surface area contributed by atoms with Crippen LogP contribution in [0.25, 0.3) is 0 Å². The van der Waals surface area contributed by atoms with E-state index in [1.165, 1.54) is 13.3 Å². The number of hydrogen-bond donors (Lipinski definition) is 0. The Hall–Kier alpha value is -2.06. The molecule has 31 heavy (non-hydrogen) atoms. The minimum atomic E-state index is -5.15. The van der Waals surface area contributed by atoms with Crippen molar-refractivity contribution in [3.05, 3.63) is 12.2 Å². The van der Waals surface area contributed by atoms with Gasteiger partial charge in [0.05, 0.1) is 0 Å². The Morgan fingerprint density at radius 3 is 1.94 bits per heavy atom. The fraction of sp³-hybridized carbons (Fsp3) is 0.773. The van der Waals surface area contributed by atoms with Crippen LogP contribution in [-0.4, -0.2) is 42.9 Å². The van der Waals surface area contributed by atoms with Crippen molar-refractivity contribution in [3.63, 3.8) is 0 Å². The van der Waals surface area contributed by atoms with Crippen molar-refractivity contribution in [1.82, 2.24) is 0 Å². The monoisotopic (exact) mass is 446 g/mol. The van der Waals surface area contributed by atoms with Gasteiger partial charge in [0.1, 0.15) is 13.2 Å². The summed E-state index contributed by atoms with van der Waals surface area (Å²) in [5, 5.41) is 0. The van der Waals surface area contributed by atoms with Gasteiger partial charge in [0.2, 0.25) is 0 Å². The Balaban J connectivity index is 1.57. The summed E-state index contributed by atoms with van der Waals surface area (Å²) in [4.78, 5) is 35.9. The number of rotatable bonds is 8. The van der Waals surface area contributed by atoms with E-state index < -0.39 is 42.9 Å². The molecule has 6 nitrogen and oxygen atoms in total. The van der Waals surface area contributed by atoms with E-state index in [1.807, 2.05) is 0 Å². The Labute approximate surface area is 179 Å². The maximum absolute atomic E-state index is 13.6. The lowest BCUT2D eigenvalue weighted by Gasteiger charge is -2.54. The lowest BCUT2D eigenvalue weighted by atomic mass is 9.51. The standard InChI is InChI=1S/C22H29F3O6/c1-12(2)19(27)29-4-5-30-20(28)21(3,22(23,24)25)31-18(26)11-17-15-7-13-6-14(9-15)10-16(17)8-13/h13-17H,1,4-11H2,2-3H3. The molecule has 0 amide bonds. The summed E-state index contributed by atoms with van der Waals surface area (Å²) in [6.07, 6.45) is 0.0314. The smallest absolute Gasteiger partial charge is 0.439 e. The van der Waals surface area contributed by atoms with Crippen LogP contribution in [0.2, 0.25) is 0 Å². The maximum Gasteiger partial charge on any atom is 0.439 e. The van der Waals surface area contributed by atoms with E-state index >= 15 is 0 Å². The molecule has 0 radical (unpaired) electrons. The molecule has 0 aliphatic heterocycles. The molecule has 4 fully saturated rings. The van der Waals surface area contributed by atoms with Crippen molar-refractivity contribution in [2.24, 2.45) is 29.6 Å². The Bertz CT molecular complexity index is 718. The molecule has 4 rings (SSSR count). The molecule has 0 aromatic rings. The van der Waals surface area contributed by atoms with Crippen molar-refractivity contribution in [2.45, 2.75) is 64.1 Å². The van der Waals surface area contributed by atoms with Crippen LogP contribution in [0.1, 0.15) is 52.4 Å². The first-order valence-electron chi connectivity index (χ1n) is 10.7. The molecule has 4 saturated carbocycles. The number of ether oxygens (including phenoxy) is 3. The predicted molar refractivity (Wildman–Crippen MR) is 102 cm³/mol. The van der Waals surface area contributed by atoms with Crippen LogP contribution in [-0.2, 0) is 28.6 Å². The van der Waals surface area contributed by atoms with Crippen molar-refractivity contribution < 1.29 is 41.8 Å². The quantitative estimate of drug-likeness (QED) is 0.243. The minimum Gasteiger partial charge on any atom is -0.459 e. The lowest BCUT2D eigenvalue weighted by Crippen LogP contribution is -2.54. The molecule has 4 aliphatic rings. The van der Waals surface area contributed by atoms with E-state index in [9.17, 15) is 27.6 Å². The minimum absolute atomic E-state index is 0.00959. The Morgan fingerprint density at radius 2 is 1.45 bits per heavy atom. The number of hydrogen-bond acceptors (Lipinski definition) is 6. The highest BCUT2D eigenvalue weighted by atomic mass is 19.4. The SMILES string of the molecule is C=C(C)C(=O)OCCOC(=O)C(C)(OC(=O)CC1C2CC3CC(C2)CC1C3)C(F)(F)F. The molecule has 0 spiro atoms. The molecule has 9 heteroatoms. The molecule has 0 aromatic carbocycles. The van der Waals surface area contributed by atoms with E-state index in [4.69, 9.17) is 4.74 Å². The van der Waals surface area contributed by atoms with Gasteiger partial charge in [0.15, 0.2) is 0 Å². The van der Waals surface area contributed by atoms with Crippen LogP contribution in [0, 0.1) is 29.6 Å². The molecular formula is C22H29F3O6. The van der Waals surface area contributed by atoms with Gasteiger partial charge in [-0.15, -0.1) is 0 Å². The first-order valence-corrected chi connectivity index (χ1v) is 10.7. The number of halogens is 3. The highest BCUT2D eigenvalue weighted by Crippen LogP contribution is 2.57. The third-order valence-corrected chi connectivity index (χ3v) is 6.97. The van der Waals surface area contributed by atoms with Gasteiger partial charge >= 0.3 is 24.1 Å². The van der Waals surface area contributed by atoms with Gasteiger partial charge in [0, 0.05) is 12.0 Å². The second kappa shape index (κ2) is 8.82. The first-order chi connectivity index (χ1) is 14.4. The highest BCUT2D eigenvalue weighted by molar-refractivity contribution is 5.87. The average Bonchev–Trinajstić information content (AvgIpc) is 2.65. The summed E-state index contributed by atoms with van der Waals surface area (Å²) in [6.45, 7) is 4.21. The third-order valence-electron chi connectivity index (χ3n) is 6.97. The molecular weight excluding hydrogens is 417 g/mol. The van der Waals surface area contributed by atoms with Crippen LogP contribution in [0.4, 0.5) is 13.2 Å². The molecule has 4 bridgehead atoms. The van der Waals surface area contributed by atoms with Gasteiger partial charge in [-0.1, -0.05) is 6.58 Å².